The molecule has 16 aromatic carbocycles. The molecule has 27 rings (SSSR count). The van der Waals surface area contributed by atoms with E-state index in [1.165, 1.54) is 118 Å². The SMILES string of the molecule is c1cc(-n2c3ccccc3c3cc(-c4ccc5c(c4)c4ccccc4n5-c4cccc5nccnc45)ccc32)c2nccnc2c1.c1ccc(-n2c3ccccc3c3cc(-c4ccc5c(c4)c4ccccc4n5-c4cccc5ncccc45)ccc32)cc1.c1ccc2c(c1)c1cc(-c3ccc4c(c3)c3ccccc3n4-c3ncncn3)ccc1n2-c1ncncn1. The van der Waals surface area contributed by atoms with Gasteiger partial charge < -0.3 is 18.3 Å². The molecule has 0 aliphatic carbocycles. The van der Waals surface area contributed by atoms with Crippen molar-refractivity contribution in [2.45, 2.75) is 0 Å². The van der Waals surface area contributed by atoms with Gasteiger partial charge in [0.05, 0.1) is 99.8 Å². The Balaban J connectivity index is 0.000000104. The standard InChI is InChI=1S/C40H24N6.C39H25N3.C30H18N8/c1-3-11-33-27(7-1)29-23-25(15-17-35(29)45(33)37-13-5-9-31-39(37)43-21-19-41-31)26-16-18-36-30(24-26)28-8-2-4-12-34(28)46(36)38-14-6-10-32-40(38)44-22-20-42-32;1-2-10-28(11-3-1)41-35-16-6-4-12-29(35)32-24-26(19-21-38(32)41)27-20-22-39-33(25-27)30-13-5-7-17-36(30)42(39)37-18-8-15-34-31(37)14-9-23-40-34;1-3-7-25-21(5-1)23-13-19(9-11-27(23)37(25)29-33-15-31-16-34-29)20-10-12-28-24(14-20)22-6-2-4-8-26(22)38(28)30-35-17-32-18-36-30/h1-24H;1-25H;1-18H. The summed E-state index contributed by atoms with van der Waals surface area (Å²) < 4.78 is 13.5. The van der Waals surface area contributed by atoms with E-state index in [2.05, 4.69) is 394 Å². The number of hydrogen-bond donors (Lipinski definition) is 0. The van der Waals surface area contributed by atoms with Crippen molar-refractivity contribution in [2.75, 3.05) is 0 Å². The largest absolute Gasteiger partial charge is 0.309 e. The number of hydrogen-bond acceptors (Lipinski definition) is 11. The molecule has 0 N–H and O–H groups in total. The Kier molecular flexibility index (Phi) is 16.5. The average molecular weight is 1610 g/mol. The highest BCUT2D eigenvalue weighted by Crippen LogP contribution is 2.45. The van der Waals surface area contributed by atoms with Gasteiger partial charge in [-0.3, -0.25) is 34.1 Å². The minimum absolute atomic E-state index is 0.603. The Morgan fingerprint density at radius 3 is 0.802 bits per heavy atom. The molecule has 0 aliphatic rings. The summed E-state index contributed by atoms with van der Waals surface area (Å²) >= 11 is 0. The van der Waals surface area contributed by atoms with E-state index in [0.29, 0.717) is 11.9 Å². The van der Waals surface area contributed by atoms with Gasteiger partial charge in [0.1, 0.15) is 36.3 Å². The van der Waals surface area contributed by atoms with Gasteiger partial charge >= 0.3 is 0 Å². The monoisotopic (exact) mass is 1610 g/mol. The molecule has 11 aromatic heterocycles. The van der Waals surface area contributed by atoms with E-state index in [-0.39, 0.29) is 0 Å². The second-order valence-electron chi connectivity index (χ2n) is 31.5. The lowest BCUT2D eigenvalue weighted by atomic mass is 10.0. The molecule has 17 heteroatoms. The van der Waals surface area contributed by atoms with E-state index in [4.69, 9.17) is 9.97 Å². The molecular formula is C109H67N17. The summed E-state index contributed by atoms with van der Waals surface area (Å²) in [6.45, 7) is 0. The number of aromatic nitrogens is 17. The summed E-state index contributed by atoms with van der Waals surface area (Å²) in [6, 6.07) is 125. The Hall–Kier alpha value is -17.6. The maximum Gasteiger partial charge on any atom is 0.237 e. The zero-order chi connectivity index (χ0) is 82.9. The molecule has 11 heterocycles. The first-order chi connectivity index (χ1) is 62.5. The summed E-state index contributed by atoms with van der Waals surface area (Å²) in [4.78, 5) is 48.8. The van der Waals surface area contributed by atoms with Crippen molar-refractivity contribution in [2.24, 2.45) is 0 Å². The predicted molar refractivity (Wildman–Crippen MR) is 510 cm³/mol. The predicted octanol–water partition coefficient (Wildman–Crippen LogP) is 25.4. The minimum Gasteiger partial charge on any atom is -0.309 e. The van der Waals surface area contributed by atoms with Crippen LogP contribution in [0.4, 0.5) is 0 Å². The Morgan fingerprint density at radius 1 is 0.159 bits per heavy atom. The number of fused-ring (bicyclic) bond motifs is 21. The highest BCUT2D eigenvalue weighted by atomic mass is 15.2. The molecule has 588 valence electrons. The fraction of sp³-hybridized carbons (Fsp3) is 0. The fourth-order valence-electron chi connectivity index (χ4n) is 19.3. The van der Waals surface area contributed by atoms with Crippen molar-refractivity contribution < 1.29 is 0 Å². The van der Waals surface area contributed by atoms with E-state index in [0.717, 1.165) is 127 Å². The average Bonchev–Trinajstić information content (AvgIpc) is 1.59. The molecule has 126 heavy (non-hydrogen) atoms. The molecule has 0 unspecified atom stereocenters. The molecule has 0 aliphatic heterocycles. The summed E-state index contributed by atoms with van der Waals surface area (Å²) in [6.07, 6.45) is 15.0. The Labute approximate surface area is 717 Å². The van der Waals surface area contributed by atoms with Gasteiger partial charge in [-0.1, -0.05) is 182 Å². The van der Waals surface area contributed by atoms with Gasteiger partial charge in [-0.05, 0) is 203 Å². The first-order valence-electron chi connectivity index (χ1n) is 41.8. The molecule has 0 radical (unpaired) electrons. The molecule has 0 saturated carbocycles. The molecule has 0 fully saturated rings. The first kappa shape index (κ1) is 71.4. The van der Waals surface area contributed by atoms with E-state index >= 15 is 0 Å². The topological polar surface area (TPSA) is 171 Å². The second-order valence-corrected chi connectivity index (χ2v) is 31.5. The maximum atomic E-state index is 4.72. The Morgan fingerprint density at radius 2 is 0.429 bits per heavy atom. The zero-order valence-corrected chi connectivity index (χ0v) is 67.3. The van der Waals surface area contributed by atoms with Gasteiger partial charge in [0.15, 0.2) is 0 Å². The lowest BCUT2D eigenvalue weighted by Gasteiger charge is -2.11. The van der Waals surface area contributed by atoms with Gasteiger partial charge in [-0.2, -0.15) is 0 Å². The third kappa shape index (κ3) is 11.5. The third-order valence-corrected chi connectivity index (χ3v) is 24.7. The molecule has 0 atom stereocenters. The van der Waals surface area contributed by atoms with Crippen LogP contribution >= 0.6 is 0 Å². The van der Waals surface area contributed by atoms with Crippen LogP contribution in [0.5, 0.6) is 0 Å². The van der Waals surface area contributed by atoms with Crippen molar-refractivity contribution in [1.29, 1.82) is 0 Å². The van der Waals surface area contributed by atoms with Crippen LogP contribution in [-0.4, -0.2) is 82.2 Å². The van der Waals surface area contributed by atoms with E-state index in [1.807, 2.05) is 36.5 Å². The van der Waals surface area contributed by atoms with Crippen LogP contribution in [0.3, 0.4) is 0 Å². The van der Waals surface area contributed by atoms with Gasteiger partial charge in [0.25, 0.3) is 0 Å². The molecular weight excluding hydrogens is 1550 g/mol. The molecule has 0 amide bonds. The van der Waals surface area contributed by atoms with Gasteiger partial charge in [0.2, 0.25) is 11.9 Å². The van der Waals surface area contributed by atoms with Crippen molar-refractivity contribution in [1.82, 2.24) is 82.2 Å². The van der Waals surface area contributed by atoms with E-state index in [9.17, 15) is 0 Å². The van der Waals surface area contributed by atoms with Crippen LogP contribution in [0.15, 0.2) is 408 Å². The minimum atomic E-state index is 0.603. The summed E-state index contributed by atoms with van der Waals surface area (Å²) in [5.41, 5.74) is 29.5. The van der Waals surface area contributed by atoms with Crippen LogP contribution in [0.2, 0.25) is 0 Å². The van der Waals surface area contributed by atoms with Crippen LogP contribution in [-0.2, 0) is 0 Å². The highest BCUT2D eigenvalue weighted by Gasteiger charge is 2.24. The van der Waals surface area contributed by atoms with Crippen LogP contribution < -0.4 is 0 Å². The van der Waals surface area contributed by atoms with Crippen LogP contribution in [0.1, 0.15) is 0 Å². The van der Waals surface area contributed by atoms with Crippen LogP contribution in [0, 0.1) is 0 Å². The quantitative estimate of drug-likeness (QED) is 0.135. The molecule has 0 bridgehead atoms. The molecule has 0 spiro atoms. The molecule has 27 aromatic rings. The van der Waals surface area contributed by atoms with E-state index < -0.39 is 0 Å². The summed E-state index contributed by atoms with van der Waals surface area (Å²) in [5, 5.41) is 15.6. The zero-order valence-electron chi connectivity index (χ0n) is 67.3. The van der Waals surface area contributed by atoms with Gasteiger partial charge in [-0.25, -0.2) is 29.9 Å². The number of nitrogens with zero attached hydrogens (tertiary/aromatic N) is 17. The third-order valence-electron chi connectivity index (χ3n) is 24.7. The maximum absolute atomic E-state index is 4.72. The van der Waals surface area contributed by atoms with Crippen LogP contribution in [0.25, 0.3) is 232 Å². The number of para-hydroxylation sites is 9. The normalized spacial score (nSPS) is 11.8. The summed E-state index contributed by atoms with van der Waals surface area (Å²) in [7, 11) is 0. The lowest BCUT2D eigenvalue weighted by Crippen LogP contribution is -2.00. The van der Waals surface area contributed by atoms with Crippen molar-refractivity contribution in [3.8, 4) is 68.0 Å². The second kappa shape index (κ2) is 29.1. The molecule has 0 saturated heterocycles. The van der Waals surface area contributed by atoms with Crippen molar-refractivity contribution in [3.05, 3.63) is 408 Å². The highest BCUT2D eigenvalue weighted by molar-refractivity contribution is 6.18. The smallest absolute Gasteiger partial charge is 0.237 e. The summed E-state index contributed by atoms with van der Waals surface area (Å²) in [5.74, 6) is 1.21. The lowest BCUT2D eigenvalue weighted by molar-refractivity contribution is 0.939. The first-order valence-corrected chi connectivity index (χ1v) is 41.8. The number of pyridine rings is 1. The van der Waals surface area contributed by atoms with E-state index in [1.54, 1.807) is 24.8 Å². The van der Waals surface area contributed by atoms with Crippen molar-refractivity contribution >= 4 is 164 Å². The Bertz CT molecular complexity index is 8710. The van der Waals surface area contributed by atoms with Crippen molar-refractivity contribution in [3.63, 3.8) is 0 Å². The van der Waals surface area contributed by atoms with Gasteiger partial charge in [-0.15, -0.1) is 0 Å². The number of rotatable bonds is 9. The van der Waals surface area contributed by atoms with Gasteiger partial charge in [0, 0.05) is 107 Å². The molecule has 17 nitrogen and oxygen atoms in total. The fourth-order valence-corrected chi connectivity index (χ4v) is 19.3. The number of benzene rings is 16.